The Hall–Kier alpha value is -0.318. The van der Waals surface area contributed by atoms with Crippen LogP contribution in [0.25, 0.3) is 0 Å². The summed E-state index contributed by atoms with van der Waals surface area (Å²) < 4.78 is 0. The van der Waals surface area contributed by atoms with E-state index in [1.807, 2.05) is 12.2 Å². The van der Waals surface area contributed by atoms with Crippen LogP contribution in [-0.2, 0) is 4.79 Å². The number of unbranched alkanes of at least 4 members (excludes halogenated alkanes) is 3. The molecule has 0 heterocycles. The van der Waals surface area contributed by atoms with Crippen LogP contribution in [0.5, 0.6) is 0 Å². The first-order valence-electron chi connectivity index (χ1n) is 7.50. The molecular formula is C19H34OU. The van der Waals surface area contributed by atoms with Crippen molar-refractivity contribution >= 4 is 5.78 Å². The Balaban J connectivity index is -0.000000134. The number of carbonyl (C=O) groups is 1. The fourth-order valence-corrected chi connectivity index (χ4v) is 0.896. The van der Waals surface area contributed by atoms with Crippen LogP contribution in [0, 0.1) is 31.1 Å². The van der Waals surface area contributed by atoms with Gasteiger partial charge < -0.3 is 4.79 Å². The monoisotopic (exact) mass is 516 g/mol. The minimum Gasteiger partial charge on any atom is -0.300 e. The van der Waals surface area contributed by atoms with Gasteiger partial charge in [-0.3, -0.25) is 0 Å². The molecule has 0 aliphatic heterocycles. The summed E-state index contributed by atoms with van der Waals surface area (Å²) in [4.78, 5) is 9.44. The molecule has 0 aromatic carbocycles. The molecule has 0 aromatic heterocycles. The van der Waals surface area contributed by atoms with Gasteiger partial charge in [0.15, 0.2) is 0 Å². The normalized spacial score (nSPS) is 9.48. The maximum atomic E-state index is 9.44. The Morgan fingerprint density at radius 1 is 1.05 bits per heavy atom. The molecule has 0 bridgehead atoms. The topological polar surface area (TPSA) is 17.1 Å². The van der Waals surface area contributed by atoms with Crippen LogP contribution in [0.2, 0.25) is 0 Å². The zero-order chi connectivity index (χ0) is 16.2. The number of ketones is 1. The van der Waals surface area contributed by atoms with Gasteiger partial charge in [0, 0.05) is 31.1 Å². The van der Waals surface area contributed by atoms with Crippen molar-refractivity contribution in [2.75, 3.05) is 0 Å². The number of allylic oxidation sites excluding steroid dienone is 6. The first-order valence-corrected chi connectivity index (χ1v) is 7.50. The van der Waals surface area contributed by atoms with E-state index in [4.69, 9.17) is 0 Å². The van der Waals surface area contributed by atoms with Crippen molar-refractivity contribution in [1.82, 2.24) is 0 Å². The maximum absolute atomic E-state index is 9.44. The molecule has 0 spiro atoms. The average molecular weight is 517 g/mol. The van der Waals surface area contributed by atoms with E-state index < -0.39 is 0 Å². The van der Waals surface area contributed by atoms with E-state index in [9.17, 15) is 4.79 Å². The summed E-state index contributed by atoms with van der Waals surface area (Å²) in [5.74, 6) is 0.167. The Morgan fingerprint density at radius 2 is 1.52 bits per heavy atom. The van der Waals surface area contributed by atoms with E-state index in [2.05, 4.69) is 52.2 Å². The van der Waals surface area contributed by atoms with Crippen LogP contribution in [-0.4, -0.2) is 5.78 Å². The summed E-state index contributed by atoms with van der Waals surface area (Å²) in [6.45, 7) is 16.6. The van der Waals surface area contributed by atoms with Crippen molar-refractivity contribution in [3.05, 3.63) is 49.1 Å². The van der Waals surface area contributed by atoms with Gasteiger partial charge in [0.25, 0.3) is 0 Å². The summed E-state index contributed by atoms with van der Waals surface area (Å²) in [6, 6.07) is 0. The number of Topliss-reactive ketones (excluding diaryl/α,β-unsaturated/α-hetero) is 1. The molecule has 0 saturated carbocycles. The van der Waals surface area contributed by atoms with Crippen LogP contribution < -0.4 is 0 Å². The largest absolute Gasteiger partial charge is 0.300 e. The molecule has 0 atom stereocenters. The van der Waals surface area contributed by atoms with Gasteiger partial charge in [0.1, 0.15) is 5.78 Å². The first-order chi connectivity index (χ1) is 9.45. The van der Waals surface area contributed by atoms with Gasteiger partial charge in [-0.1, -0.05) is 69.2 Å². The third-order valence-corrected chi connectivity index (χ3v) is 2.08. The van der Waals surface area contributed by atoms with Gasteiger partial charge in [0.2, 0.25) is 0 Å². The van der Waals surface area contributed by atoms with Crippen molar-refractivity contribution < 1.29 is 35.9 Å². The number of hydrogen-bond donors (Lipinski definition) is 0. The summed E-state index contributed by atoms with van der Waals surface area (Å²) in [6.07, 6.45) is 16.4. The average Bonchev–Trinajstić information content (AvgIpc) is 2.42. The van der Waals surface area contributed by atoms with Crippen molar-refractivity contribution in [2.45, 2.75) is 66.7 Å². The minimum atomic E-state index is 0. The quantitative estimate of drug-likeness (QED) is 0.217. The van der Waals surface area contributed by atoms with E-state index in [1.54, 1.807) is 0 Å². The molecule has 21 heavy (non-hydrogen) atoms. The van der Waals surface area contributed by atoms with Gasteiger partial charge in [-0.05, 0) is 40.0 Å². The van der Waals surface area contributed by atoms with E-state index in [0.29, 0.717) is 0 Å². The van der Waals surface area contributed by atoms with Crippen molar-refractivity contribution in [1.29, 1.82) is 0 Å². The number of carbonyl (C=O) groups excluding carboxylic acids is 1. The van der Waals surface area contributed by atoms with Crippen LogP contribution in [0.15, 0.2) is 49.1 Å². The molecule has 0 aliphatic rings. The Bertz CT molecular complexity index is 284. The molecule has 120 valence electrons. The van der Waals surface area contributed by atoms with Crippen LogP contribution in [0.1, 0.15) is 66.7 Å². The van der Waals surface area contributed by atoms with Gasteiger partial charge in [-0.25, -0.2) is 0 Å². The summed E-state index contributed by atoms with van der Waals surface area (Å²) >= 11 is 0. The smallest absolute Gasteiger partial charge is 0.126 e. The van der Waals surface area contributed by atoms with Gasteiger partial charge >= 0.3 is 0 Å². The SMILES string of the molecule is C=C/C(C)=C\C=C/CCCCC.C=CCC.CC(C)=O.[U]. The van der Waals surface area contributed by atoms with Crippen molar-refractivity contribution in [3.8, 4) is 0 Å². The van der Waals surface area contributed by atoms with Crippen molar-refractivity contribution in [3.63, 3.8) is 0 Å². The zero-order valence-electron chi connectivity index (χ0n) is 14.7. The Morgan fingerprint density at radius 3 is 1.86 bits per heavy atom. The van der Waals surface area contributed by atoms with Crippen LogP contribution in [0.3, 0.4) is 0 Å². The van der Waals surface area contributed by atoms with Crippen molar-refractivity contribution in [2.24, 2.45) is 0 Å². The molecule has 0 aliphatic carbocycles. The fraction of sp³-hybridized carbons (Fsp3) is 0.526. The first kappa shape index (κ1) is 28.8. The zero-order valence-corrected chi connectivity index (χ0v) is 18.9. The Labute approximate surface area is 157 Å². The second-order valence-corrected chi connectivity index (χ2v) is 4.64. The minimum absolute atomic E-state index is 0. The molecule has 2 heteroatoms. The van der Waals surface area contributed by atoms with Crippen LogP contribution >= 0.6 is 0 Å². The molecule has 0 N–H and O–H groups in total. The molecule has 0 amide bonds. The van der Waals surface area contributed by atoms with E-state index in [1.165, 1.54) is 45.1 Å². The predicted molar refractivity (Wildman–Crippen MR) is 94.1 cm³/mol. The molecule has 1 nitrogen and oxygen atoms in total. The third kappa shape index (κ3) is 53.9. The molecule has 0 rings (SSSR count). The van der Waals surface area contributed by atoms with E-state index >= 15 is 0 Å². The third-order valence-electron chi connectivity index (χ3n) is 2.08. The molecule has 0 unspecified atom stereocenters. The van der Waals surface area contributed by atoms with Gasteiger partial charge in [-0.2, -0.15) is 0 Å². The number of rotatable bonds is 7. The molecule has 0 aromatic rings. The molecular weight excluding hydrogens is 482 g/mol. The summed E-state index contributed by atoms with van der Waals surface area (Å²) in [5, 5.41) is 0. The Kier molecular flexibility index (Phi) is 38.3. The second-order valence-electron chi connectivity index (χ2n) is 4.64. The van der Waals surface area contributed by atoms with Crippen LogP contribution in [0.4, 0.5) is 0 Å². The molecule has 0 radical (unpaired) electrons. The van der Waals surface area contributed by atoms with Gasteiger partial charge in [-0.15, -0.1) is 6.58 Å². The maximum Gasteiger partial charge on any atom is 0.126 e. The number of hydrogen-bond acceptors (Lipinski definition) is 1. The molecule has 0 fully saturated rings. The summed E-state index contributed by atoms with van der Waals surface area (Å²) in [7, 11) is 0. The van der Waals surface area contributed by atoms with E-state index in [0.717, 1.165) is 6.42 Å². The summed E-state index contributed by atoms with van der Waals surface area (Å²) in [5.41, 5.74) is 1.22. The second kappa shape index (κ2) is 27.9. The predicted octanol–water partition coefficient (Wildman–Crippen LogP) is 6.43. The standard InChI is InChI=1S/C12H20.C4H8.C3H6O.U/c1-4-6-7-8-9-10-11-12(3)5-2;1-3-4-2;1-3(2)4;/h5,9-11H,2,4,6-8H2,1,3H3;3H,1,4H2,2H3;1-2H3;/b10-9-,12-11-;;;. The van der Waals surface area contributed by atoms with Gasteiger partial charge in [0.05, 0.1) is 0 Å². The van der Waals surface area contributed by atoms with E-state index in [-0.39, 0.29) is 36.9 Å². The molecule has 0 saturated heterocycles. The fourth-order valence-electron chi connectivity index (χ4n) is 0.896.